The molecular weight excluding hydrogens is 277 g/mol. The molecule has 0 atom stereocenters. The first-order valence-electron chi connectivity index (χ1n) is 4.37. The van der Waals surface area contributed by atoms with Gasteiger partial charge >= 0.3 is 0 Å². The molecule has 0 spiro atoms. The minimum absolute atomic E-state index is 0.634. The first-order chi connectivity index (χ1) is 7.16. The molecule has 0 saturated carbocycles. The van der Waals surface area contributed by atoms with Crippen molar-refractivity contribution in [1.29, 1.82) is 0 Å². The number of anilines is 1. The minimum Gasteiger partial charge on any atom is -0.398 e. The molecule has 0 radical (unpaired) electrons. The third-order valence-corrected chi connectivity index (χ3v) is 3.20. The number of benzene rings is 1. The maximum atomic E-state index is 5.78. The Hall–Kier alpha value is -1.00. The van der Waals surface area contributed by atoms with Crippen LogP contribution >= 0.6 is 27.5 Å². The zero-order chi connectivity index (χ0) is 10.8. The summed E-state index contributed by atoms with van der Waals surface area (Å²) >= 11 is 9.22. The second kappa shape index (κ2) is 4.24. The molecule has 0 fully saturated rings. The molecule has 1 aromatic heterocycles. The van der Waals surface area contributed by atoms with Crippen LogP contribution in [0.25, 0.3) is 0 Å². The molecule has 0 bridgehead atoms. The number of hydrogen-bond donors (Lipinski definition) is 1. The molecule has 1 aromatic carbocycles. The van der Waals surface area contributed by atoms with E-state index in [1.54, 1.807) is 17.1 Å². The summed E-state index contributed by atoms with van der Waals surface area (Å²) < 4.78 is 2.68. The van der Waals surface area contributed by atoms with E-state index < -0.39 is 0 Å². The number of halogens is 2. The lowest BCUT2D eigenvalue weighted by molar-refractivity contribution is 0.685. The predicted octanol–water partition coefficient (Wildman–Crippen LogP) is 2.93. The summed E-state index contributed by atoms with van der Waals surface area (Å²) in [5.41, 5.74) is 7.58. The predicted molar refractivity (Wildman–Crippen MR) is 64.9 cm³/mol. The molecule has 2 rings (SSSR count). The number of hydrogen-bond acceptors (Lipinski definition) is 2. The van der Waals surface area contributed by atoms with Crippen molar-refractivity contribution in [2.75, 3.05) is 5.73 Å². The van der Waals surface area contributed by atoms with Gasteiger partial charge in [-0.1, -0.05) is 23.7 Å². The van der Waals surface area contributed by atoms with Gasteiger partial charge < -0.3 is 5.73 Å². The van der Waals surface area contributed by atoms with Crippen molar-refractivity contribution in [2.45, 2.75) is 6.54 Å². The Morgan fingerprint density at radius 2 is 2.27 bits per heavy atom. The SMILES string of the molecule is Nc1cccc(Cn2cc(Cl)cn2)c1Br. The van der Waals surface area contributed by atoms with Crippen molar-refractivity contribution in [2.24, 2.45) is 0 Å². The first kappa shape index (κ1) is 10.5. The monoisotopic (exact) mass is 285 g/mol. The Morgan fingerprint density at radius 1 is 1.47 bits per heavy atom. The van der Waals surface area contributed by atoms with Gasteiger partial charge in [0.05, 0.1) is 17.8 Å². The molecule has 0 aliphatic rings. The Morgan fingerprint density at radius 3 is 2.93 bits per heavy atom. The third-order valence-electron chi connectivity index (χ3n) is 2.04. The number of nitrogens with two attached hydrogens (primary N) is 1. The van der Waals surface area contributed by atoms with Crippen molar-refractivity contribution in [1.82, 2.24) is 9.78 Å². The molecule has 15 heavy (non-hydrogen) atoms. The average molecular weight is 287 g/mol. The van der Waals surface area contributed by atoms with Crippen LogP contribution in [0, 0.1) is 0 Å². The van der Waals surface area contributed by atoms with Crippen LogP contribution in [0.1, 0.15) is 5.56 Å². The Balaban J connectivity index is 2.28. The maximum Gasteiger partial charge on any atom is 0.0785 e. The molecule has 0 aliphatic heterocycles. The summed E-state index contributed by atoms with van der Waals surface area (Å²) in [6, 6.07) is 5.76. The highest BCUT2D eigenvalue weighted by atomic mass is 79.9. The van der Waals surface area contributed by atoms with E-state index in [1.807, 2.05) is 18.2 Å². The summed E-state index contributed by atoms with van der Waals surface area (Å²) in [6.07, 6.45) is 3.39. The van der Waals surface area contributed by atoms with Gasteiger partial charge in [0, 0.05) is 16.4 Å². The lowest BCUT2D eigenvalue weighted by Crippen LogP contribution is -2.01. The minimum atomic E-state index is 0.634. The van der Waals surface area contributed by atoms with Crippen LogP contribution < -0.4 is 5.73 Å². The molecule has 1 heterocycles. The summed E-state index contributed by atoms with van der Waals surface area (Å²) in [5.74, 6) is 0. The normalized spacial score (nSPS) is 10.5. The van der Waals surface area contributed by atoms with Crippen molar-refractivity contribution in [3.8, 4) is 0 Å². The average Bonchev–Trinajstić information content (AvgIpc) is 2.59. The van der Waals surface area contributed by atoms with Gasteiger partial charge in [0.25, 0.3) is 0 Å². The van der Waals surface area contributed by atoms with Gasteiger partial charge in [-0.2, -0.15) is 5.10 Å². The topological polar surface area (TPSA) is 43.8 Å². The fourth-order valence-corrected chi connectivity index (χ4v) is 1.87. The fourth-order valence-electron chi connectivity index (χ4n) is 1.32. The number of aromatic nitrogens is 2. The van der Waals surface area contributed by atoms with Crippen LogP contribution in [-0.2, 0) is 6.54 Å². The van der Waals surface area contributed by atoms with Crippen molar-refractivity contribution < 1.29 is 0 Å². The van der Waals surface area contributed by atoms with Gasteiger partial charge in [0.2, 0.25) is 0 Å². The third kappa shape index (κ3) is 2.33. The zero-order valence-electron chi connectivity index (χ0n) is 7.82. The smallest absolute Gasteiger partial charge is 0.0785 e. The van der Waals surface area contributed by atoms with Gasteiger partial charge in [0.15, 0.2) is 0 Å². The van der Waals surface area contributed by atoms with Crippen LogP contribution in [-0.4, -0.2) is 9.78 Å². The van der Waals surface area contributed by atoms with E-state index in [-0.39, 0.29) is 0 Å². The molecule has 0 amide bonds. The van der Waals surface area contributed by atoms with Crippen molar-refractivity contribution in [3.05, 3.63) is 45.7 Å². The molecule has 2 aromatic rings. The molecule has 3 nitrogen and oxygen atoms in total. The summed E-state index contributed by atoms with van der Waals surface area (Å²) in [4.78, 5) is 0. The molecule has 0 aliphatic carbocycles. The maximum absolute atomic E-state index is 5.78. The standard InChI is InChI=1S/C10H9BrClN3/c11-10-7(2-1-3-9(10)13)5-15-6-8(12)4-14-15/h1-4,6H,5,13H2. The number of nitrogens with zero attached hydrogens (tertiary/aromatic N) is 2. The Kier molecular flexibility index (Phi) is 2.98. The molecule has 78 valence electrons. The van der Waals surface area contributed by atoms with E-state index in [0.29, 0.717) is 11.6 Å². The fraction of sp³-hybridized carbons (Fsp3) is 0.100. The lowest BCUT2D eigenvalue weighted by Gasteiger charge is -2.06. The van der Waals surface area contributed by atoms with E-state index in [9.17, 15) is 0 Å². The molecule has 0 unspecified atom stereocenters. The van der Waals surface area contributed by atoms with Crippen LogP contribution in [0.3, 0.4) is 0 Å². The van der Waals surface area contributed by atoms with E-state index in [1.165, 1.54) is 0 Å². The number of nitrogen functional groups attached to an aromatic ring is 1. The molecule has 0 saturated heterocycles. The Bertz CT molecular complexity index is 481. The summed E-state index contributed by atoms with van der Waals surface area (Å²) in [6.45, 7) is 0.651. The van der Waals surface area contributed by atoms with Crippen LogP contribution in [0.5, 0.6) is 0 Å². The zero-order valence-corrected chi connectivity index (χ0v) is 10.2. The molecule has 5 heteroatoms. The quantitative estimate of drug-likeness (QED) is 0.863. The first-order valence-corrected chi connectivity index (χ1v) is 5.55. The van der Waals surface area contributed by atoms with Gasteiger partial charge in [-0.25, -0.2) is 0 Å². The highest BCUT2D eigenvalue weighted by molar-refractivity contribution is 9.10. The Labute approximate surface area is 101 Å². The molecular formula is C10H9BrClN3. The summed E-state index contributed by atoms with van der Waals surface area (Å²) in [7, 11) is 0. The van der Waals surface area contributed by atoms with Gasteiger partial charge in [-0.05, 0) is 27.6 Å². The molecule has 2 N–H and O–H groups in total. The van der Waals surface area contributed by atoms with E-state index >= 15 is 0 Å². The van der Waals surface area contributed by atoms with Gasteiger partial charge in [-0.3, -0.25) is 4.68 Å². The largest absolute Gasteiger partial charge is 0.398 e. The van der Waals surface area contributed by atoms with E-state index in [2.05, 4.69) is 21.0 Å². The highest BCUT2D eigenvalue weighted by Crippen LogP contribution is 2.24. The second-order valence-corrected chi connectivity index (χ2v) is 4.41. The van der Waals surface area contributed by atoms with Crippen molar-refractivity contribution in [3.63, 3.8) is 0 Å². The van der Waals surface area contributed by atoms with Crippen LogP contribution in [0.4, 0.5) is 5.69 Å². The van der Waals surface area contributed by atoms with Crippen molar-refractivity contribution >= 4 is 33.2 Å². The van der Waals surface area contributed by atoms with Crippen LogP contribution in [0.2, 0.25) is 5.02 Å². The van der Waals surface area contributed by atoms with E-state index in [0.717, 1.165) is 15.7 Å². The summed E-state index contributed by atoms with van der Waals surface area (Å²) in [5, 5.41) is 4.74. The van der Waals surface area contributed by atoms with E-state index in [4.69, 9.17) is 17.3 Å². The lowest BCUT2D eigenvalue weighted by atomic mass is 10.2. The number of rotatable bonds is 2. The van der Waals surface area contributed by atoms with Gasteiger partial charge in [-0.15, -0.1) is 0 Å². The van der Waals surface area contributed by atoms with Crippen LogP contribution in [0.15, 0.2) is 35.1 Å². The second-order valence-electron chi connectivity index (χ2n) is 3.18. The highest BCUT2D eigenvalue weighted by Gasteiger charge is 2.04. The van der Waals surface area contributed by atoms with Gasteiger partial charge in [0.1, 0.15) is 0 Å².